The van der Waals surface area contributed by atoms with Crippen molar-refractivity contribution in [3.63, 3.8) is 0 Å². The third-order valence-corrected chi connectivity index (χ3v) is 3.36. The van der Waals surface area contributed by atoms with Crippen LogP contribution in [0.25, 0.3) is 0 Å². The third-order valence-electron chi connectivity index (χ3n) is 3.36. The SMILES string of the molecule is CCn1ccnc1N1CCCC1CCCO. The number of hydrogen-bond acceptors (Lipinski definition) is 3. The van der Waals surface area contributed by atoms with Crippen LogP contribution in [0.15, 0.2) is 12.4 Å². The monoisotopic (exact) mass is 223 g/mol. The number of hydrogen-bond donors (Lipinski definition) is 1. The summed E-state index contributed by atoms with van der Waals surface area (Å²) >= 11 is 0. The molecule has 4 nitrogen and oxygen atoms in total. The van der Waals surface area contributed by atoms with Crippen LogP contribution in [0.5, 0.6) is 0 Å². The lowest BCUT2D eigenvalue weighted by molar-refractivity contribution is 0.279. The van der Waals surface area contributed by atoms with Gasteiger partial charge >= 0.3 is 0 Å². The largest absolute Gasteiger partial charge is 0.396 e. The summed E-state index contributed by atoms with van der Waals surface area (Å²) in [6.45, 7) is 4.52. The van der Waals surface area contributed by atoms with Crippen LogP contribution in [0.1, 0.15) is 32.6 Å². The fraction of sp³-hybridized carbons (Fsp3) is 0.750. The summed E-state index contributed by atoms with van der Waals surface area (Å²) < 4.78 is 2.19. The van der Waals surface area contributed by atoms with E-state index in [4.69, 9.17) is 5.11 Å². The summed E-state index contributed by atoms with van der Waals surface area (Å²) in [5.41, 5.74) is 0. The molecule has 0 bridgehead atoms. The van der Waals surface area contributed by atoms with Gasteiger partial charge in [-0.3, -0.25) is 0 Å². The molecule has 1 fully saturated rings. The summed E-state index contributed by atoms with van der Waals surface area (Å²) in [7, 11) is 0. The van der Waals surface area contributed by atoms with Crippen molar-refractivity contribution in [2.45, 2.75) is 45.2 Å². The summed E-state index contributed by atoms with van der Waals surface area (Å²) in [5, 5.41) is 8.90. The van der Waals surface area contributed by atoms with Crippen LogP contribution >= 0.6 is 0 Å². The molecule has 1 N–H and O–H groups in total. The Hall–Kier alpha value is -1.03. The van der Waals surface area contributed by atoms with Crippen LogP contribution in [0.2, 0.25) is 0 Å². The molecule has 1 saturated heterocycles. The molecule has 0 aliphatic carbocycles. The van der Waals surface area contributed by atoms with Gasteiger partial charge in [-0.05, 0) is 32.6 Å². The minimum absolute atomic E-state index is 0.298. The average molecular weight is 223 g/mol. The molecule has 0 aromatic carbocycles. The molecule has 0 saturated carbocycles. The smallest absolute Gasteiger partial charge is 0.205 e. The van der Waals surface area contributed by atoms with Gasteiger partial charge in [-0.2, -0.15) is 0 Å². The van der Waals surface area contributed by atoms with E-state index in [0.717, 1.165) is 31.9 Å². The maximum absolute atomic E-state index is 8.90. The van der Waals surface area contributed by atoms with E-state index < -0.39 is 0 Å². The number of rotatable bonds is 5. The molecule has 0 radical (unpaired) electrons. The second-order valence-corrected chi connectivity index (χ2v) is 4.37. The van der Waals surface area contributed by atoms with Crippen molar-refractivity contribution in [1.82, 2.24) is 9.55 Å². The van der Waals surface area contributed by atoms with E-state index in [0.29, 0.717) is 12.6 Å². The van der Waals surface area contributed by atoms with Crippen LogP contribution in [0.3, 0.4) is 0 Å². The van der Waals surface area contributed by atoms with E-state index in [1.165, 1.54) is 12.8 Å². The van der Waals surface area contributed by atoms with Gasteiger partial charge in [0.15, 0.2) is 0 Å². The fourth-order valence-electron chi connectivity index (χ4n) is 2.53. The molecule has 16 heavy (non-hydrogen) atoms. The number of anilines is 1. The number of aliphatic hydroxyl groups is 1. The lowest BCUT2D eigenvalue weighted by Crippen LogP contribution is -2.31. The Morgan fingerprint density at radius 3 is 3.19 bits per heavy atom. The Morgan fingerprint density at radius 2 is 2.44 bits per heavy atom. The van der Waals surface area contributed by atoms with Crippen LogP contribution in [0.4, 0.5) is 5.95 Å². The highest BCUT2D eigenvalue weighted by Crippen LogP contribution is 2.26. The Kier molecular flexibility index (Phi) is 3.83. The van der Waals surface area contributed by atoms with E-state index in [9.17, 15) is 0 Å². The third kappa shape index (κ3) is 2.21. The van der Waals surface area contributed by atoms with Crippen LogP contribution in [-0.4, -0.2) is 33.9 Å². The van der Waals surface area contributed by atoms with Crippen molar-refractivity contribution < 1.29 is 5.11 Å². The second kappa shape index (κ2) is 5.34. The zero-order chi connectivity index (χ0) is 11.4. The number of imidazole rings is 1. The lowest BCUT2D eigenvalue weighted by Gasteiger charge is -2.26. The molecule has 4 heteroatoms. The molecule has 90 valence electrons. The number of aryl methyl sites for hydroxylation is 1. The molecule has 1 aromatic heterocycles. The van der Waals surface area contributed by atoms with Crippen molar-refractivity contribution >= 4 is 5.95 Å². The van der Waals surface area contributed by atoms with Crippen LogP contribution in [0, 0.1) is 0 Å². The first-order valence-corrected chi connectivity index (χ1v) is 6.25. The number of aromatic nitrogens is 2. The number of nitrogens with zero attached hydrogens (tertiary/aromatic N) is 3. The van der Waals surface area contributed by atoms with Crippen molar-refractivity contribution in [3.8, 4) is 0 Å². The zero-order valence-electron chi connectivity index (χ0n) is 9.97. The molecule has 1 aliphatic heterocycles. The molecule has 2 heterocycles. The van der Waals surface area contributed by atoms with E-state index in [1.807, 2.05) is 12.4 Å². The van der Waals surface area contributed by atoms with Gasteiger partial charge in [0.1, 0.15) is 0 Å². The van der Waals surface area contributed by atoms with Gasteiger partial charge in [-0.1, -0.05) is 0 Å². The van der Waals surface area contributed by atoms with E-state index >= 15 is 0 Å². The Balaban J connectivity index is 2.07. The average Bonchev–Trinajstić information content (AvgIpc) is 2.93. The van der Waals surface area contributed by atoms with E-state index in [-0.39, 0.29) is 0 Å². The first-order valence-electron chi connectivity index (χ1n) is 6.25. The quantitative estimate of drug-likeness (QED) is 0.825. The predicted octanol–water partition coefficient (Wildman–Crippen LogP) is 1.64. The fourth-order valence-corrected chi connectivity index (χ4v) is 2.53. The summed E-state index contributed by atoms with van der Waals surface area (Å²) in [4.78, 5) is 6.86. The normalized spacial score (nSPS) is 20.6. The summed E-state index contributed by atoms with van der Waals surface area (Å²) in [6.07, 6.45) is 8.36. The van der Waals surface area contributed by atoms with Gasteiger partial charge in [0.2, 0.25) is 5.95 Å². The molecule has 1 aliphatic rings. The zero-order valence-corrected chi connectivity index (χ0v) is 9.97. The molecule has 0 amide bonds. The van der Waals surface area contributed by atoms with Crippen molar-refractivity contribution in [1.29, 1.82) is 0 Å². The molecule has 1 unspecified atom stereocenters. The topological polar surface area (TPSA) is 41.3 Å². The molecular formula is C12H21N3O. The van der Waals surface area contributed by atoms with Crippen molar-refractivity contribution in [2.75, 3.05) is 18.1 Å². The van der Waals surface area contributed by atoms with Gasteiger partial charge in [-0.15, -0.1) is 0 Å². The minimum atomic E-state index is 0.298. The first kappa shape index (κ1) is 11.5. The van der Waals surface area contributed by atoms with Crippen LogP contribution < -0.4 is 4.90 Å². The molecule has 1 aromatic rings. The van der Waals surface area contributed by atoms with Gasteiger partial charge in [0.05, 0.1) is 0 Å². The maximum Gasteiger partial charge on any atom is 0.205 e. The van der Waals surface area contributed by atoms with Gasteiger partial charge in [0.25, 0.3) is 0 Å². The first-order chi connectivity index (χ1) is 7.86. The van der Waals surface area contributed by atoms with Gasteiger partial charge in [0, 0.05) is 38.1 Å². The van der Waals surface area contributed by atoms with E-state index in [2.05, 4.69) is 21.4 Å². The summed E-state index contributed by atoms with van der Waals surface area (Å²) in [5.74, 6) is 1.10. The highest BCUT2D eigenvalue weighted by atomic mass is 16.2. The maximum atomic E-state index is 8.90. The molecule has 0 spiro atoms. The van der Waals surface area contributed by atoms with Crippen molar-refractivity contribution in [2.24, 2.45) is 0 Å². The second-order valence-electron chi connectivity index (χ2n) is 4.37. The molecular weight excluding hydrogens is 202 g/mol. The highest BCUT2D eigenvalue weighted by molar-refractivity contribution is 5.34. The van der Waals surface area contributed by atoms with E-state index in [1.54, 1.807) is 0 Å². The van der Waals surface area contributed by atoms with Crippen LogP contribution in [-0.2, 0) is 6.54 Å². The van der Waals surface area contributed by atoms with Gasteiger partial charge < -0.3 is 14.6 Å². The standard InChI is InChI=1S/C12H21N3O/c1-2-14-9-7-13-12(14)15-8-3-5-11(15)6-4-10-16/h7,9,11,16H,2-6,8,10H2,1H3. The Labute approximate surface area is 96.9 Å². The summed E-state index contributed by atoms with van der Waals surface area (Å²) in [6, 6.07) is 0.569. The van der Waals surface area contributed by atoms with Crippen molar-refractivity contribution in [3.05, 3.63) is 12.4 Å². The Morgan fingerprint density at radius 1 is 1.56 bits per heavy atom. The molecule has 1 atom stereocenters. The molecule has 2 rings (SSSR count). The predicted molar refractivity (Wildman–Crippen MR) is 64.6 cm³/mol. The number of aliphatic hydroxyl groups excluding tert-OH is 1. The van der Waals surface area contributed by atoms with Gasteiger partial charge in [-0.25, -0.2) is 4.98 Å². The highest BCUT2D eigenvalue weighted by Gasteiger charge is 2.26. The lowest BCUT2D eigenvalue weighted by atomic mass is 10.1. The Bertz CT molecular complexity index is 324. The minimum Gasteiger partial charge on any atom is -0.396 e.